The molecule has 0 saturated heterocycles. The first-order valence-corrected chi connectivity index (χ1v) is 9.32. The van der Waals surface area contributed by atoms with Crippen LogP contribution in [0.2, 0.25) is 0 Å². The average Bonchev–Trinajstić information content (AvgIpc) is 2.74. The molecule has 6 nitrogen and oxygen atoms in total. The van der Waals surface area contributed by atoms with Gasteiger partial charge in [0.25, 0.3) is 5.91 Å². The maximum Gasteiger partial charge on any atom is 0.547 e. The summed E-state index contributed by atoms with van der Waals surface area (Å²) in [7, 11) is -1.23. The summed E-state index contributed by atoms with van der Waals surface area (Å²) in [6.07, 6.45) is 3.81. The molecule has 1 aromatic heterocycles. The van der Waals surface area contributed by atoms with Crippen molar-refractivity contribution in [2.75, 3.05) is 0 Å². The Hall–Kier alpha value is -3.45. The molecule has 0 radical (unpaired) electrons. The number of fused-ring (bicyclic) bond motifs is 1. The van der Waals surface area contributed by atoms with Gasteiger partial charge >= 0.3 is 7.12 Å². The molecule has 2 aromatic carbocycles. The molecule has 144 valence electrons. The lowest BCUT2D eigenvalue weighted by molar-refractivity contribution is 0.0938. The van der Waals surface area contributed by atoms with Crippen LogP contribution in [0.3, 0.4) is 0 Å². The minimum Gasteiger partial charge on any atom is -0.534 e. The number of aromatic nitrogens is 1. The summed E-state index contributed by atoms with van der Waals surface area (Å²) in [6, 6.07) is 16.3. The van der Waals surface area contributed by atoms with Crippen molar-refractivity contribution in [2.24, 2.45) is 0 Å². The van der Waals surface area contributed by atoms with Crippen LogP contribution in [0.15, 0.2) is 67.0 Å². The molecule has 7 heteroatoms. The standard InChI is InChI=1S/C22H19BN2O4/c1-14(26)19-4-2-3-18-13-20(23(28)29-21(18)19)25-22(27)17-7-5-15(6-8-17)16-9-11-24-12-10-16/h2-12,20,28H,13H2,1H3,(H,25,27)/t20-/m0/s1. The smallest absolute Gasteiger partial charge is 0.534 e. The lowest BCUT2D eigenvalue weighted by Crippen LogP contribution is -2.53. The van der Waals surface area contributed by atoms with E-state index in [1.807, 2.05) is 30.3 Å². The third-order valence-electron chi connectivity index (χ3n) is 4.98. The van der Waals surface area contributed by atoms with Gasteiger partial charge in [0.1, 0.15) is 5.75 Å². The lowest BCUT2D eigenvalue weighted by atomic mass is 9.72. The van der Waals surface area contributed by atoms with Crippen molar-refractivity contribution in [3.63, 3.8) is 0 Å². The highest BCUT2D eigenvalue weighted by Gasteiger charge is 2.37. The average molecular weight is 386 g/mol. The number of rotatable bonds is 4. The maximum absolute atomic E-state index is 12.7. The number of pyridine rings is 1. The first-order valence-electron chi connectivity index (χ1n) is 9.32. The Bertz CT molecular complexity index is 1050. The molecule has 1 aliphatic rings. The molecule has 0 saturated carbocycles. The monoisotopic (exact) mass is 386 g/mol. The van der Waals surface area contributed by atoms with Crippen LogP contribution >= 0.6 is 0 Å². The molecule has 0 bridgehead atoms. The van der Waals surface area contributed by atoms with Crippen LogP contribution in [0.1, 0.15) is 33.2 Å². The molecule has 0 aliphatic carbocycles. The number of para-hydroxylation sites is 1. The lowest BCUT2D eigenvalue weighted by Gasteiger charge is -2.29. The van der Waals surface area contributed by atoms with Gasteiger partial charge in [-0.05, 0) is 60.4 Å². The second-order valence-electron chi connectivity index (χ2n) is 6.96. The zero-order chi connectivity index (χ0) is 20.4. The summed E-state index contributed by atoms with van der Waals surface area (Å²) in [6.45, 7) is 1.45. The highest BCUT2D eigenvalue weighted by atomic mass is 16.5. The number of benzene rings is 2. The number of carbonyl (C=O) groups is 2. The molecule has 1 atom stereocenters. The van der Waals surface area contributed by atoms with Crippen molar-refractivity contribution in [1.29, 1.82) is 0 Å². The van der Waals surface area contributed by atoms with Crippen LogP contribution in [0, 0.1) is 0 Å². The second kappa shape index (κ2) is 7.89. The minimum atomic E-state index is -1.23. The number of Topliss-reactive ketones (excluding diaryl/α,β-unsaturated/α-hetero) is 1. The van der Waals surface area contributed by atoms with E-state index in [0.29, 0.717) is 23.3 Å². The Labute approximate surface area is 168 Å². The minimum absolute atomic E-state index is 0.133. The van der Waals surface area contributed by atoms with E-state index in [9.17, 15) is 14.6 Å². The SMILES string of the molecule is CC(=O)c1cccc2c1OB(O)[C@@H](NC(=O)c1ccc(-c3ccncc3)cc1)C2. The normalized spacial score (nSPS) is 15.2. The zero-order valence-electron chi connectivity index (χ0n) is 15.8. The van der Waals surface area contributed by atoms with Crippen LogP contribution in [-0.4, -0.2) is 34.8 Å². The highest BCUT2D eigenvalue weighted by molar-refractivity contribution is 6.47. The molecule has 2 N–H and O–H groups in total. The van der Waals surface area contributed by atoms with E-state index in [1.165, 1.54) is 6.92 Å². The van der Waals surface area contributed by atoms with Crippen molar-refractivity contribution in [3.05, 3.63) is 83.7 Å². The summed E-state index contributed by atoms with van der Waals surface area (Å²) in [4.78, 5) is 28.4. The molecule has 29 heavy (non-hydrogen) atoms. The summed E-state index contributed by atoms with van der Waals surface area (Å²) >= 11 is 0. The van der Waals surface area contributed by atoms with E-state index >= 15 is 0 Å². The number of nitrogens with zero attached hydrogens (tertiary/aromatic N) is 1. The van der Waals surface area contributed by atoms with Crippen molar-refractivity contribution >= 4 is 18.8 Å². The molecule has 4 rings (SSSR count). The van der Waals surface area contributed by atoms with E-state index in [2.05, 4.69) is 10.3 Å². The molecular formula is C22H19BN2O4. The summed E-state index contributed by atoms with van der Waals surface area (Å²) in [5.74, 6) is -0.660. The highest BCUT2D eigenvalue weighted by Crippen LogP contribution is 2.30. The van der Waals surface area contributed by atoms with Crippen LogP contribution < -0.4 is 9.97 Å². The van der Waals surface area contributed by atoms with Crippen LogP contribution in [0.5, 0.6) is 5.75 Å². The van der Waals surface area contributed by atoms with Gasteiger partial charge in [0.05, 0.1) is 11.5 Å². The third kappa shape index (κ3) is 3.91. The van der Waals surface area contributed by atoms with Gasteiger partial charge in [-0.25, -0.2) is 0 Å². The molecule has 2 heterocycles. The number of hydrogen-bond donors (Lipinski definition) is 2. The quantitative estimate of drug-likeness (QED) is 0.532. The van der Waals surface area contributed by atoms with Crippen LogP contribution in [-0.2, 0) is 6.42 Å². The second-order valence-corrected chi connectivity index (χ2v) is 6.96. The first kappa shape index (κ1) is 18.9. The zero-order valence-corrected chi connectivity index (χ0v) is 15.8. The van der Waals surface area contributed by atoms with E-state index in [4.69, 9.17) is 4.65 Å². The van der Waals surface area contributed by atoms with Gasteiger partial charge in [0.2, 0.25) is 0 Å². The van der Waals surface area contributed by atoms with Crippen molar-refractivity contribution in [2.45, 2.75) is 19.3 Å². The topological polar surface area (TPSA) is 88.5 Å². The van der Waals surface area contributed by atoms with Gasteiger partial charge in [-0.3, -0.25) is 14.6 Å². The molecule has 1 aliphatic heterocycles. The number of hydrogen-bond acceptors (Lipinski definition) is 5. The Balaban J connectivity index is 1.49. The predicted octanol–water partition coefficient (Wildman–Crippen LogP) is 2.70. The molecule has 0 fully saturated rings. The molecule has 3 aromatic rings. The van der Waals surface area contributed by atoms with Gasteiger partial charge in [0.15, 0.2) is 5.78 Å². The Kier molecular flexibility index (Phi) is 5.14. The fourth-order valence-electron chi connectivity index (χ4n) is 3.44. The first-order chi connectivity index (χ1) is 14.0. The van der Waals surface area contributed by atoms with Gasteiger partial charge in [-0.2, -0.15) is 0 Å². The van der Waals surface area contributed by atoms with Crippen LogP contribution in [0.4, 0.5) is 0 Å². The fourth-order valence-corrected chi connectivity index (χ4v) is 3.44. The van der Waals surface area contributed by atoms with Crippen molar-refractivity contribution in [3.8, 4) is 16.9 Å². The Morgan fingerprint density at radius 1 is 1.07 bits per heavy atom. The van der Waals surface area contributed by atoms with Crippen LogP contribution in [0.25, 0.3) is 11.1 Å². The summed E-state index contributed by atoms with van der Waals surface area (Å²) in [5, 5.41) is 13.2. The maximum atomic E-state index is 12.7. The number of carbonyl (C=O) groups excluding carboxylic acids is 2. The van der Waals surface area contributed by atoms with E-state index in [-0.39, 0.29) is 11.7 Å². The van der Waals surface area contributed by atoms with E-state index in [1.54, 1.807) is 36.7 Å². The largest absolute Gasteiger partial charge is 0.547 e. The van der Waals surface area contributed by atoms with Gasteiger partial charge in [0, 0.05) is 18.0 Å². The van der Waals surface area contributed by atoms with E-state index < -0.39 is 13.1 Å². The molecular weight excluding hydrogens is 367 g/mol. The number of nitrogens with one attached hydrogen (secondary N) is 1. The summed E-state index contributed by atoms with van der Waals surface area (Å²) in [5.41, 5.74) is 3.69. The van der Waals surface area contributed by atoms with Gasteiger partial charge < -0.3 is 15.0 Å². The van der Waals surface area contributed by atoms with Gasteiger partial charge in [-0.1, -0.05) is 24.3 Å². The third-order valence-corrected chi connectivity index (χ3v) is 4.98. The van der Waals surface area contributed by atoms with Gasteiger partial charge in [-0.15, -0.1) is 0 Å². The fraction of sp³-hybridized carbons (Fsp3) is 0.136. The van der Waals surface area contributed by atoms with Crippen molar-refractivity contribution in [1.82, 2.24) is 10.3 Å². The number of amides is 1. The van der Waals surface area contributed by atoms with Crippen molar-refractivity contribution < 1.29 is 19.3 Å². The summed E-state index contributed by atoms with van der Waals surface area (Å²) < 4.78 is 5.56. The number of ketones is 1. The predicted molar refractivity (Wildman–Crippen MR) is 110 cm³/mol. The Morgan fingerprint density at radius 2 is 1.76 bits per heavy atom. The Morgan fingerprint density at radius 3 is 2.45 bits per heavy atom. The molecule has 1 amide bonds. The molecule has 0 spiro atoms. The molecule has 0 unspecified atom stereocenters. The van der Waals surface area contributed by atoms with E-state index in [0.717, 1.165) is 16.7 Å².